The molecule has 7 nitrogen and oxygen atoms in total. The SMILES string of the molecule is Cc1[nH]c(-c2cc(Oc3ccc4c(c3)nc(Nc3cc(C(C)(C)C)ccc3F)n4C)ccn2)nc1C1=CC=CCC1. The lowest BCUT2D eigenvalue weighted by Crippen LogP contribution is -2.12. The van der Waals surface area contributed by atoms with Gasteiger partial charge in [0.15, 0.2) is 5.82 Å². The van der Waals surface area contributed by atoms with Gasteiger partial charge in [0.2, 0.25) is 5.95 Å². The van der Waals surface area contributed by atoms with Crippen LogP contribution in [-0.4, -0.2) is 24.5 Å². The number of hydrogen-bond donors (Lipinski definition) is 2. The fourth-order valence-electron chi connectivity index (χ4n) is 5.00. The van der Waals surface area contributed by atoms with Gasteiger partial charge in [-0.3, -0.25) is 4.98 Å². The van der Waals surface area contributed by atoms with E-state index in [0.717, 1.165) is 40.8 Å². The molecule has 2 N–H and O–H groups in total. The Morgan fingerprint density at radius 1 is 1.02 bits per heavy atom. The van der Waals surface area contributed by atoms with Gasteiger partial charge in [0.25, 0.3) is 0 Å². The van der Waals surface area contributed by atoms with Crippen molar-refractivity contribution in [1.82, 2.24) is 24.5 Å². The Morgan fingerprint density at radius 3 is 2.63 bits per heavy atom. The topological polar surface area (TPSA) is 80.6 Å². The summed E-state index contributed by atoms with van der Waals surface area (Å²) in [6.45, 7) is 8.34. The maximum absolute atomic E-state index is 14.7. The number of fused-ring (bicyclic) bond motifs is 1. The zero-order valence-electron chi connectivity index (χ0n) is 23.9. The van der Waals surface area contributed by atoms with Crippen LogP contribution < -0.4 is 10.1 Å². The van der Waals surface area contributed by atoms with Gasteiger partial charge in [-0.25, -0.2) is 14.4 Å². The first-order valence-corrected chi connectivity index (χ1v) is 13.8. The number of anilines is 2. The summed E-state index contributed by atoms with van der Waals surface area (Å²) in [5.74, 6) is 2.20. The maximum atomic E-state index is 14.7. The Balaban J connectivity index is 1.24. The van der Waals surface area contributed by atoms with Gasteiger partial charge < -0.3 is 19.6 Å². The van der Waals surface area contributed by atoms with Crippen LogP contribution in [0.3, 0.4) is 0 Å². The molecule has 208 valence electrons. The highest BCUT2D eigenvalue weighted by Crippen LogP contribution is 2.32. The van der Waals surface area contributed by atoms with E-state index in [2.05, 4.69) is 54.3 Å². The Morgan fingerprint density at radius 2 is 1.85 bits per heavy atom. The molecule has 0 unspecified atom stereocenters. The smallest absolute Gasteiger partial charge is 0.208 e. The van der Waals surface area contributed by atoms with E-state index in [-0.39, 0.29) is 11.2 Å². The number of benzene rings is 2. The Hall–Kier alpha value is -4.72. The number of nitrogens with zero attached hydrogens (tertiary/aromatic N) is 4. The predicted octanol–water partition coefficient (Wildman–Crippen LogP) is 8.37. The average Bonchev–Trinajstić information content (AvgIpc) is 3.49. The summed E-state index contributed by atoms with van der Waals surface area (Å²) in [6.07, 6.45) is 10.1. The van der Waals surface area contributed by atoms with E-state index in [1.54, 1.807) is 6.20 Å². The van der Waals surface area contributed by atoms with Crippen molar-refractivity contribution in [2.45, 2.75) is 46.0 Å². The molecule has 3 heterocycles. The molecule has 3 aromatic heterocycles. The van der Waals surface area contributed by atoms with Gasteiger partial charge in [-0.15, -0.1) is 0 Å². The van der Waals surface area contributed by atoms with Crippen LogP contribution in [0.25, 0.3) is 28.1 Å². The highest BCUT2D eigenvalue weighted by atomic mass is 19.1. The standard InChI is InChI=1S/C33H33FN6O/c1-20-30(21-9-7-6-8-10-21)39-31(36-20)28-19-24(15-16-35-28)41-23-12-14-29-27(18-23)38-32(40(29)5)37-26-17-22(33(2,3)4)11-13-25(26)34/h6-7,9,11-19H,8,10H2,1-5H3,(H,36,39)(H,37,38). The second-order valence-electron chi connectivity index (χ2n) is 11.4. The van der Waals surface area contributed by atoms with Crippen molar-refractivity contribution in [2.24, 2.45) is 7.05 Å². The van der Waals surface area contributed by atoms with Gasteiger partial charge in [-0.1, -0.05) is 45.1 Å². The van der Waals surface area contributed by atoms with Crippen LogP contribution in [0.15, 0.2) is 73.0 Å². The van der Waals surface area contributed by atoms with Crippen LogP contribution in [0.4, 0.5) is 16.0 Å². The number of pyridine rings is 1. The Kier molecular flexibility index (Phi) is 6.69. The van der Waals surface area contributed by atoms with E-state index in [1.165, 1.54) is 11.6 Å². The summed E-state index contributed by atoms with van der Waals surface area (Å²) in [5.41, 5.74) is 6.88. The molecule has 0 radical (unpaired) electrons. The molecule has 0 amide bonds. The molecule has 8 heteroatoms. The van der Waals surface area contributed by atoms with Gasteiger partial charge in [0.1, 0.15) is 23.0 Å². The quantitative estimate of drug-likeness (QED) is 0.223. The number of allylic oxidation sites excluding steroid dienone is 4. The summed E-state index contributed by atoms with van der Waals surface area (Å²) in [6, 6.07) is 14.6. The van der Waals surface area contributed by atoms with Crippen molar-refractivity contribution < 1.29 is 9.13 Å². The lowest BCUT2D eigenvalue weighted by Gasteiger charge is -2.20. The van der Waals surface area contributed by atoms with Crippen molar-refractivity contribution in [3.8, 4) is 23.0 Å². The molecule has 0 spiro atoms. The number of aryl methyl sites for hydroxylation is 2. The fourth-order valence-corrected chi connectivity index (χ4v) is 5.00. The molecule has 6 rings (SSSR count). The van der Waals surface area contributed by atoms with Crippen molar-refractivity contribution in [2.75, 3.05) is 5.32 Å². The molecule has 0 bridgehead atoms. The molecule has 5 aromatic rings. The van der Waals surface area contributed by atoms with Gasteiger partial charge in [-0.2, -0.15) is 0 Å². The van der Waals surface area contributed by atoms with Crippen LogP contribution >= 0.6 is 0 Å². The minimum absolute atomic E-state index is 0.0991. The van der Waals surface area contributed by atoms with Crippen molar-refractivity contribution in [3.63, 3.8) is 0 Å². The van der Waals surface area contributed by atoms with Crippen molar-refractivity contribution in [1.29, 1.82) is 0 Å². The summed E-state index contributed by atoms with van der Waals surface area (Å²) >= 11 is 0. The van der Waals surface area contributed by atoms with E-state index in [1.807, 2.05) is 61.0 Å². The van der Waals surface area contributed by atoms with Crippen LogP contribution in [-0.2, 0) is 12.5 Å². The van der Waals surface area contributed by atoms with E-state index >= 15 is 0 Å². The second kappa shape index (κ2) is 10.4. The third-order valence-electron chi connectivity index (χ3n) is 7.34. The minimum Gasteiger partial charge on any atom is -0.457 e. The zero-order chi connectivity index (χ0) is 28.7. The number of aromatic amines is 1. The number of halogens is 1. The molecule has 1 aliphatic rings. The summed E-state index contributed by atoms with van der Waals surface area (Å²) in [4.78, 5) is 17.5. The Labute approximate surface area is 238 Å². The number of aromatic nitrogens is 5. The van der Waals surface area contributed by atoms with Gasteiger partial charge in [0, 0.05) is 31.1 Å². The second-order valence-corrected chi connectivity index (χ2v) is 11.4. The monoisotopic (exact) mass is 548 g/mol. The summed E-state index contributed by atoms with van der Waals surface area (Å²) in [5, 5.41) is 3.18. The van der Waals surface area contributed by atoms with Gasteiger partial charge in [-0.05, 0) is 66.6 Å². The molecule has 41 heavy (non-hydrogen) atoms. The van der Waals surface area contributed by atoms with Crippen LogP contribution in [0, 0.1) is 12.7 Å². The lowest BCUT2D eigenvalue weighted by atomic mass is 9.87. The average molecular weight is 549 g/mol. The van der Waals surface area contributed by atoms with Crippen LogP contribution in [0.2, 0.25) is 0 Å². The highest BCUT2D eigenvalue weighted by Gasteiger charge is 2.18. The number of H-pyrrole nitrogens is 1. The zero-order valence-corrected chi connectivity index (χ0v) is 23.9. The molecule has 1 aliphatic carbocycles. The number of nitrogens with one attached hydrogen (secondary N) is 2. The molecule has 0 saturated carbocycles. The molecule has 0 fully saturated rings. The number of hydrogen-bond acceptors (Lipinski definition) is 5. The van der Waals surface area contributed by atoms with Crippen molar-refractivity contribution >= 4 is 28.2 Å². The normalized spacial score (nSPS) is 13.5. The fraction of sp³-hybridized carbons (Fsp3) is 0.242. The number of rotatable bonds is 6. The van der Waals surface area contributed by atoms with E-state index in [0.29, 0.717) is 34.7 Å². The summed E-state index contributed by atoms with van der Waals surface area (Å²) in [7, 11) is 1.90. The van der Waals surface area contributed by atoms with Crippen LogP contribution in [0.1, 0.15) is 50.6 Å². The third kappa shape index (κ3) is 5.37. The minimum atomic E-state index is -0.325. The first-order valence-electron chi connectivity index (χ1n) is 13.8. The first kappa shape index (κ1) is 26.5. The Bertz CT molecular complexity index is 1820. The maximum Gasteiger partial charge on any atom is 0.208 e. The third-order valence-corrected chi connectivity index (χ3v) is 7.34. The lowest BCUT2D eigenvalue weighted by molar-refractivity contribution is 0.483. The van der Waals surface area contributed by atoms with Crippen molar-refractivity contribution in [3.05, 3.63) is 95.7 Å². The summed E-state index contributed by atoms with van der Waals surface area (Å²) < 4.78 is 22.8. The van der Waals surface area contributed by atoms with E-state index in [4.69, 9.17) is 14.7 Å². The molecular weight excluding hydrogens is 515 g/mol. The van der Waals surface area contributed by atoms with E-state index in [9.17, 15) is 4.39 Å². The largest absolute Gasteiger partial charge is 0.457 e. The number of imidazole rings is 2. The molecular formula is C33H33FN6O. The molecule has 0 aliphatic heterocycles. The first-order chi connectivity index (χ1) is 19.7. The predicted molar refractivity (Wildman–Crippen MR) is 162 cm³/mol. The van der Waals surface area contributed by atoms with Gasteiger partial charge in [0.05, 0.1) is 22.4 Å². The number of ether oxygens (including phenoxy) is 1. The molecule has 0 saturated heterocycles. The highest BCUT2D eigenvalue weighted by molar-refractivity contribution is 5.81. The van der Waals surface area contributed by atoms with E-state index < -0.39 is 0 Å². The van der Waals surface area contributed by atoms with Crippen LogP contribution in [0.5, 0.6) is 11.5 Å². The van der Waals surface area contributed by atoms with Gasteiger partial charge >= 0.3 is 0 Å². The molecule has 2 aromatic carbocycles. The molecule has 0 atom stereocenters.